The van der Waals surface area contributed by atoms with Crippen molar-refractivity contribution in [2.45, 2.75) is 83.2 Å². The van der Waals surface area contributed by atoms with Gasteiger partial charge in [-0.25, -0.2) is 0 Å². The number of nitrogens with one attached hydrogen (secondary N) is 1. The fourth-order valence-corrected chi connectivity index (χ4v) is 4.53. The monoisotopic (exact) mass is 467 g/mol. The second kappa shape index (κ2) is 15.1. The first kappa shape index (κ1) is 23.0. The van der Waals surface area contributed by atoms with Crippen LogP contribution in [0.1, 0.15) is 77.0 Å². The Morgan fingerprint density at radius 1 is 1.16 bits per heavy atom. The molecule has 25 heavy (non-hydrogen) atoms. The molecule has 1 aliphatic carbocycles. The first-order chi connectivity index (χ1) is 12.2. The zero-order valence-corrected chi connectivity index (χ0v) is 18.4. The molecular weight excluding hydrogens is 429 g/mol. The minimum Gasteiger partial charge on any atom is -0.469 e. The molecule has 0 spiro atoms. The highest BCUT2D eigenvalue weighted by Gasteiger charge is 2.37. The molecule has 1 rings (SSSR count). The Balaban J connectivity index is 2.02. The van der Waals surface area contributed by atoms with Crippen molar-refractivity contribution in [3.8, 4) is 0 Å². The topological polar surface area (TPSA) is 47.6 Å². The molecule has 2 unspecified atom stereocenters. The molecule has 1 aliphatic rings. The summed E-state index contributed by atoms with van der Waals surface area (Å²) in [6.07, 6.45) is 14.8. The Hall–Kier alpha value is -0.0100. The van der Waals surface area contributed by atoms with Crippen molar-refractivity contribution in [2.75, 3.05) is 20.7 Å². The van der Waals surface area contributed by atoms with Crippen LogP contribution in [0.4, 0.5) is 0 Å². The van der Waals surface area contributed by atoms with E-state index >= 15 is 0 Å². The summed E-state index contributed by atoms with van der Waals surface area (Å²) in [5.41, 5.74) is 0. The Morgan fingerprint density at radius 2 is 1.92 bits per heavy atom. The lowest BCUT2D eigenvalue weighted by Gasteiger charge is -2.14. The van der Waals surface area contributed by atoms with Gasteiger partial charge in [-0.1, -0.05) is 38.5 Å². The summed E-state index contributed by atoms with van der Waals surface area (Å²) in [5.74, 6) is 1.75. The molecule has 5 heteroatoms. The van der Waals surface area contributed by atoms with Crippen LogP contribution in [0, 0.1) is 11.8 Å². The van der Waals surface area contributed by atoms with Gasteiger partial charge < -0.3 is 13.1 Å². The first-order valence-corrected chi connectivity index (χ1v) is 12.4. The van der Waals surface area contributed by atoms with Gasteiger partial charge in [-0.05, 0) is 62.0 Å². The standard InChI is InChI=1S/C20H38INO3/c1-21-25-19(12-8-6-10-14-22-2)16-18-15-17(18)11-7-4-5-9-13-20(23)24-3/h17-19,22H,1,4-16H2,2-3H3/t17?,18-,19?/m0/s1. The van der Waals surface area contributed by atoms with E-state index in [1.165, 1.54) is 64.9 Å². The molecule has 0 saturated heterocycles. The maximum absolute atomic E-state index is 11.0. The van der Waals surface area contributed by atoms with E-state index < -0.39 is 0 Å². The molecule has 0 bridgehead atoms. The Bertz CT molecular complexity index is 365. The third-order valence-electron chi connectivity index (χ3n) is 5.21. The summed E-state index contributed by atoms with van der Waals surface area (Å²) >= 11 is -0.307. The van der Waals surface area contributed by atoms with Crippen LogP contribution in [-0.2, 0) is 12.6 Å². The Kier molecular flexibility index (Phi) is 13.9. The van der Waals surface area contributed by atoms with Crippen molar-refractivity contribution in [3.05, 3.63) is 0 Å². The summed E-state index contributed by atoms with van der Waals surface area (Å²) in [7, 11) is 3.48. The van der Waals surface area contributed by atoms with E-state index in [0.717, 1.165) is 31.2 Å². The molecule has 4 nitrogen and oxygen atoms in total. The summed E-state index contributed by atoms with van der Waals surface area (Å²) in [6, 6.07) is 0. The second-order valence-corrected chi connectivity index (χ2v) is 8.43. The quantitative estimate of drug-likeness (QED) is 0.186. The highest BCUT2D eigenvalue weighted by Crippen LogP contribution is 2.46. The zero-order chi connectivity index (χ0) is 18.3. The molecule has 0 aromatic carbocycles. The molecule has 0 radical (unpaired) electrons. The molecule has 1 fully saturated rings. The van der Waals surface area contributed by atoms with Gasteiger partial charge in [-0.2, -0.15) is 0 Å². The number of hydrogen-bond donors (Lipinski definition) is 1. The van der Waals surface area contributed by atoms with Crippen molar-refractivity contribution in [1.82, 2.24) is 5.32 Å². The number of carbonyl (C=O) groups is 1. The fourth-order valence-electron chi connectivity index (χ4n) is 3.56. The number of esters is 1. The predicted molar refractivity (Wildman–Crippen MR) is 114 cm³/mol. The van der Waals surface area contributed by atoms with Gasteiger partial charge in [0, 0.05) is 27.6 Å². The van der Waals surface area contributed by atoms with E-state index in [1.807, 2.05) is 7.05 Å². The number of unbranched alkanes of at least 4 members (excludes halogenated alkanes) is 5. The summed E-state index contributed by atoms with van der Waals surface area (Å²) < 4.78 is 14.6. The largest absolute Gasteiger partial charge is 0.469 e. The number of halogens is 1. The highest BCUT2D eigenvalue weighted by atomic mass is 127. The van der Waals surface area contributed by atoms with Crippen molar-refractivity contribution >= 4 is 31.6 Å². The number of hydrogen-bond acceptors (Lipinski definition) is 4. The molecule has 148 valence electrons. The average Bonchev–Trinajstić information content (AvgIpc) is 3.35. The van der Waals surface area contributed by atoms with E-state index in [4.69, 9.17) is 3.07 Å². The van der Waals surface area contributed by atoms with Gasteiger partial charge in [0.2, 0.25) is 0 Å². The normalized spacial score (nSPS) is 20.4. The van der Waals surface area contributed by atoms with E-state index in [-0.39, 0.29) is 27.1 Å². The highest BCUT2D eigenvalue weighted by molar-refractivity contribution is 14.2. The minimum absolute atomic E-state index is 0.0764. The van der Waals surface area contributed by atoms with Crippen LogP contribution >= 0.6 is 21.1 Å². The fraction of sp³-hybridized carbons (Fsp3) is 0.900. The van der Waals surface area contributed by atoms with Crippen LogP contribution in [0.15, 0.2) is 0 Å². The molecule has 0 aromatic heterocycles. The summed E-state index contributed by atoms with van der Waals surface area (Å²) in [5, 5.41) is 3.21. The molecule has 0 heterocycles. The molecule has 1 N–H and O–H groups in total. The van der Waals surface area contributed by atoms with Crippen molar-refractivity contribution in [2.24, 2.45) is 11.8 Å². The van der Waals surface area contributed by atoms with E-state index in [2.05, 4.69) is 14.6 Å². The van der Waals surface area contributed by atoms with E-state index in [0.29, 0.717) is 12.5 Å². The Morgan fingerprint density at radius 3 is 2.64 bits per heavy atom. The predicted octanol–water partition coefficient (Wildman–Crippen LogP) is 5.01. The Labute approximate surface area is 165 Å². The molecule has 0 aliphatic heterocycles. The smallest absolute Gasteiger partial charge is 0.305 e. The van der Waals surface area contributed by atoms with Gasteiger partial charge in [-0.3, -0.25) is 4.79 Å². The van der Waals surface area contributed by atoms with Crippen LogP contribution in [-0.4, -0.2) is 37.3 Å². The van der Waals surface area contributed by atoms with Crippen molar-refractivity contribution in [3.63, 3.8) is 0 Å². The van der Waals surface area contributed by atoms with Crippen molar-refractivity contribution < 1.29 is 12.6 Å². The van der Waals surface area contributed by atoms with Gasteiger partial charge >= 0.3 is 5.97 Å². The van der Waals surface area contributed by atoms with Crippen LogP contribution in [0.3, 0.4) is 0 Å². The number of carbonyl (C=O) groups excluding carboxylic acids is 1. The SMILES string of the molecule is C=IOC(CCCCCNC)C[C@@H]1CC1CCCCCCC(=O)OC. The number of rotatable bonds is 17. The minimum atomic E-state index is -0.307. The first-order valence-electron chi connectivity index (χ1n) is 9.96. The van der Waals surface area contributed by atoms with Crippen LogP contribution in [0.25, 0.3) is 0 Å². The lowest BCUT2D eigenvalue weighted by molar-refractivity contribution is -0.140. The van der Waals surface area contributed by atoms with Crippen molar-refractivity contribution in [1.29, 1.82) is 0 Å². The van der Waals surface area contributed by atoms with Gasteiger partial charge in [-0.15, -0.1) is 0 Å². The number of ether oxygens (including phenoxy) is 1. The van der Waals surface area contributed by atoms with Crippen LogP contribution in [0.5, 0.6) is 0 Å². The summed E-state index contributed by atoms with van der Waals surface area (Å²) in [4.78, 5) is 11.0. The van der Waals surface area contributed by atoms with Gasteiger partial charge in [0.15, 0.2) is 0 Å². The summed E-state index contributed by atoms with van der Waals surface area (Å²) in [6.45, 7) is 1.12. The second-order valence-electron chi connectivity index (χ2n) is 7.29. The third-order valence-corrected chi connectivity index (χ3v) is 6.29. The molecule has 3 atom stereocenters. The van der Waals surface area contributed by atoms with Gasteiger partial charge in [0.1, 0.15) is 0 Å². The molecule has 1 saturated carbocycles. The van der Waals surface area contributed by atoms with Crippen LogP contribution < -0.4 is 5.32 Å². The van der Waals surface area contributed by atoms with E-state index in [9.17, 15) is 4.79 Å². The third kappa shape index (κ3) is 12.1. The van der Waals surface area contributed by atoms with Gasteiger partial charge in [0.05, 0.1) is 13.2 Å². The molecule has 0 aromatic rings. The molecule has 0 amide bonds. The lowest BCUT2D eigenvalue weighted by Crippen LogP contribution is -2.11. The maximum atomic E-state index is 11.0. The van der Waals surface area contributed by atoms with Crippen LogP contribution in [0.2, 0.25) is 0 Å². The number of methoxy groups -OCH3 is 1. The average molecular weight is 467 g/mol. The maximum Gasteiger partial charge on any atom is 0.305 e. The zero-order valence-electron chi connectivity index (χ0n) is 16.2. The van der Waals surface area contributed by atoms with Gasteiger partial charge in [0.25, 0.3) is 0 Å². The molecular formula is C20H38INO3. The lowest BCUT2D eigenvalue weighted by atomic mass is 10.0. The van der Waals surface area contributed by atoms with E-state index in [1.54, 1.807) is 0 Å².